The highest BCUT2D eigenvalue weighted by Gasteiger charge is 2.21. The first kappa shape index (κ1) is 19.0. The Kier molecular flexibility index (Phi) is 5.11. The first-order valence-electron chi connectivity index (χ1n) is 10.7. The van der Waals surface area contributed by atoms with Crippen molar-refractivity contribution in [1.29, 1.82) is 0 Å². The summed E-state index contributed by atoms with van der Waals surface area (Å²) < 4.78 is 5.84. The molecule has 5 rings (SSSR count). The number of hydrogen-bond acceptors (Lipinski definition) is 3. The Labute approximate surface area is 177 Å². The van der Waals surface area contributed by atoms with E-state index in [-0.39, 0.29) is 0 Å². The normalized spacial score (nSPS) is 19.9. The van der Waals surface area contributed by atoms with Gasteiger partial charge in [0.05, 0.1) is 23.2 Å². The summed E-state index contributed by atoms with van der Waals surface area (Å²) in [5.41, 5.74) is 6.96. The number of nitrogens with zero attached hydrogens (tertiary/aromatic N) is 2. The molecule has 0 amide bonds. The molecule has 0 spiro atoms. The Morgan fingerprint density at radius 2 is 1.43 bits per heavy atom. The summed E-state index contributed by atoms with van der Waals surface area (Å²) in [7, 11) is 0. The fourth-order valence-electron chi connectivity index (χ4n) is 4.38. The topological polar surface area (TPSA) is 41.2 Å². The Morgan fingerprint density at radius 3 is 2.10 bits per heavy atom. The number of benzene rings is 3. The third-order valence-corrected chi connectivity index (χ3v) is 5.74. The van der Waals surface area contributed by atoms with Crippen molar-refractivity contribution in [2.75, 3.05) is 13.1 Å². The Hall–Kier alpha value is -2.95. The highest BCUT2D eigenvalue weighted by atomic mass is 16.5. The smallest absolute Gasteiger partial charge is 0.138 e. The molecule has 1 N–H and O–H groups in total. The van der Waals surface area contributed by atoms with E-state index in [2.05, 4.69) is 78.3 Å². The molecule has 2 heterocycles. The molecule has 0 aliphatic carbocycles. The zero-order valence-electron chi connectivity index (χ0n) is 17.5. The molecular formula is C26H27N3O. The molecule has 0 saturated carbocycles. The number of fused-ring (bicyclic) bond motifs is 1. The van der Waals surface area contributed by atoms with E-state index in [1.165, 1.54) is 16.7 Å². The molecule has 2 unspecified atom stereocenters. The molecule has 3 aromatic carbocycles. The summed E-state index contributed by atoms with van der Waals surface area (Å²) in [5.74, 6) is 0.909. The lowest BCUT2D eigenvalue weighted by atomic mass is 10.0. The monoisotopic (exact) mass is 397 g/mol. The summed E-state index contributed by atoms with van der Waals surface area (Å²) in [6.07, 6.45) is 0.608. The van der Waals surface area contributed by atoms with Crippen LogP contribution in [0.5, 0.6) is 0 Å². The molecule has 0 bridgehead atoms. The summed E-state index contributed by atoms with van der Waals surface area (Å²) in [5, 5.41) is 0. The Morgan fingerprint density at radius 1 is 0.833 bits per heavy atom. The zero-order valence-corrected chi connectivity index (χ0v) is 17.5. The predicted octanol–water partition coefficient (Wildman–Crippen LogP) is 5.51. The number of hydrogen-bond donors (Lipinski definition) is 1. The largest absolute Gasteiger partial charge is 0.373 e. The molecule has 30 heavy (non-hydrogen) atoms. The Balaban J connectivity index is 1.30. The van der Waals surface area contributed by atoms with Crippen LogP contribution in [0.3, 0.4) is 0 Å². The molecule has 1 aliphatic rings. The molecule has 4 nitrogen and oxygen atoms in total. The van der Waals surface area contributed by atoms with Crippen molar-refractivity contribution in [3.8, 4) is 22.5 Å². The molecule has 152 valence electrons. The van der Waals surface area contributed by atoms with E-state index in [9.17, 15) is 0 Å². The molecule has 1 aliphatic heterocycles. The van der Waals surface area contributed by atoms with Crippen molar-refractivity contribution >= 4 is 11.0 Å². The minimum atomic E-state index is 0.304. The second-order valence-corrected chi connectivity index (χ2v) is 8.33. The number of aromatic nitrogens is 2. The van der Waals surface area contributed by atoms with E-state index < -0.39 is 0 Å². The summed E-state index contributed by atoms with van der Waals surface area (Å²) >= 11 is 0. The van der Waals surface area contributed by atoms with Crippen molar-refractivity contribution in [1.82, 2.24) is 14.9 Å². The first-order valence-corrected chi connectivity index (χ1v) is 10.7. The highest BCUT2D eigenvalue weighted by Crippen LogP contribution is 2.26. The number of ether oxygens (including phenoxy) is 1. The van der Waals surface area contributed by atoms with Crippen LogP contribution in [0.25, 0.3) is 33.5 Å². The van der Waals surface area contributed by atoms with Crippen LogP contribution in [0.1, 0.15) is 19.4 Å². The van der Waals surface area contributed by atoms with Gasteiger partial charge in [-0.2, -0.15) is 0 Å². The molecule has 1 saturated heterocycles. The zero-order chi connectivity index (χ0) is 20.5. The SMILES string of the molecule is CC1CN(Cc2ccc(-c3ccc(-c4nc5ccccc5[nH]4)cc3)cc2)CC(C)O1. The second kappa shape index (κ2) is 8.05. The van der Waals surface area contributed by atoms with Crippen molar-refractivity contribution < 1.29 is 4.74 Å². The van der Waals surface area contributed by atoms with Crippen LogP contribution in [0.4, 0.5) is 0 Å². The molecule has 0 radical (unpaired) electrons. The van der Waals surface area contributed by atoms with Gasteiger partial charge >= 0.3 is 0 Å². The van der Waals surface area contributed by atoms with Gasteiger partial charge in [-0.25, -0.2) is 4.98 Å². The number of morpholine rings is 1. The maximum atomic E-state index is 5.84. The molecule has 1 fully saturated rings. The summed E-state index contributed by atoms with van der Waals surface area (Å²) in [6, 6.07) is 25.7. The lowest BCUT2D eigenvalue weighted by molar-refractivity contribution is -0.0704. The fourth-order valence-corrected chi connectivity index (χ4v) is 4.38. The van der Waals surface area contributed by atoms with Crippen LogP contribution >= 0.6 is 0 Å². The lowest BCUT2D eigenvalue weighted by Crippen LogP contribution is -2.44. The van der Waals surface area contributed by atoms with E-state index in [1.807, 2.05) is 18.2 Å². The van der Waals surface area contributed by atoms with E-state index >= 15 is 0 Å². The van der Waals surface area contributed by atoms with Gasteiger partial charge in [-0.15, -0.1) is 0 Å². The van der Waals surface area contributed by atoms with Gasteiger partial charge in [0.2, 0.25) is 0 Å². The van der Waals surface area contributed by atoms with Crippen LogP contribution in [0.2, 0.25) is 0 Å². The van der Waals surface area contributed by atoms with Crippen molar-refractivity contribution in [2.45, 2.75) is 32.6 Å². The van der Waals surface area contributed by atoms with Crippen LogP contribution in [-0.4, -0.2) is 40.2 Å². The fraction of sp³-hybridized carbons (Fsp3) is 0.269. The van der Waals surface area contributed by atoms with E-state index in [4.69, 9.17) is 9.72 Å². The maximum Gasteiger partial charge on any atom is 0.138 e. The van der Waals surface area contributed by atoms with Crippen molar-refractivity contribution in [3.05, 3.63) is 78.4 Å². The number of imidazole rings is 1. The van der Waals surface area contributed by atoms with E-state index in [1.54, 1.807) is 0 Å². The molecule has 1 aromatic heterocycles. The predicted molar refractivity (Wildman–Crippen MR) is 122 cm³/mol. The number of para-hydroxylation sites is 2. The standard InChI is InChI=1S/C26H27N3O/c1-18-15-29(16-19(2)30-18)17-20-7-9-21(10-8-20)22-11-13-23(14-12-22)26-27-24-5-3-4-6-25(24)28-26/h3-14,18-19H,15-17H2,1-2H3,(H,27,28). The van der Waals surface area contributed by atoms with Gasteiger partial charge in [-0.05, 0) is 42.7 Å². The number of rotatable bonds is 4. The average molecular weight is 398 g/mol. The van der Waals surface area contributed by atoms with Gasteiger partial charge in [0, 0.05) is 25.2 Å². The van der Waals surface area contributed by atoms with Crippen LogP contribution in [0, 0.1) is 0 Å². The van der Waals surface area contributed by atoms with Gasteiger partial charge < -0.3 is 9.72 Å². The highest BCUT2D eigenvalue weighted by molar-refractivity contribution is 5.79. The van der Waals surface area contributed by atoms with Crippen LogP contribution in [0.15, 0.2) is 72.8 Å². The summed E-state index contributed by atoms with van der Waals surface area (Å²) in [4.78, 5) is 10.6. The first-order chi connectivity index (χ1) is 14.6. The quantitative estimate of drug-likeness (QED) is 0.494. The van der Waals surface area contributed by atoms with Crippen molar-refractivity contribution in [2.24, 2.45) is 0 Å². The number of aromatic amines is 1. The number of H-pyrrole nitrogens is 1. The Bertz CT molecular complexity index is 1090. The molecule has 4 heteroatoms. The molecule has 4 aromatic rings. The van der Waals surface area contributed by atoms with E-state index in [0.717, 1.165) is 42.1 Å². The van der Waals surface area contributed by atoms with Gasteiger partial charge in [-0.3, -0.25) is 4.90 Å². The van der Waals surface area contributed by atoms with Crippen LogP contribution < -0.4 is 0 Å². The lowest BCUT2D eigenvalue weighted by Gasteiger charge is -2.35. The molecular weight excluding hydrogens is 370 g/mol. The third-order valence-electron chi connectivity index (χ3n) is 5.74. The van der Waals surface area contributed by atoms with E-state index in [0.29, 0.717) is 12.2 Å². The minimum absolute atomic E-state index is 0.304. The van der Waals surface area contributed by atoms with Crippen molar-refractivity contribution in [3.63, 3.8) is 0 Å². The van der Waals surface area contributed by atoms with Gasteiger partial charge in [-0.1, -0.05) is 60.7 Å². The van der Waals surface area contributed by atoms with Crippen LogP contribution in [-0.2, 0) is 11.3 Å². The van der Waals surface area contributed by atoms with Gasteiger partial charge in [0.15, 0.2) is 0 Å². The van der Waals surface area contributed by atoms with Gasteiger partial charge in [0.1, 0.15) is 5.82 Å². The summed E-state index contributed by atoms with van der Waals surface area (Å²) in [6.45, 7) is 7.27. The third kappa shape index (κ3) is 4.02. The van der Waals surface area contributed by atoms with Gasteiger partial charge in [0.25, 0.3) is 0 Å². The minimum Gasteiger partial charge on any atom is -0.373 e. The molecule has 2 atom stereocenters. The second-order valence-electron chi connectivity index (χ2n) is 8.33. The number of nitrogens with one attached hydrogen (secondary N) is 1. The maximum absolute atomic E-state index is 5.84. The average Bonchev–Trinajstić information content (AvgIpc) is 3.18.